The highest BCUT2D eigenvalue weighted by Crippen LogP contribution is 2.39. The van der Waals surface area contributed by atoms with Gasteiger partial charge in [-0.3, -0.25) is 14.4 Å². The summed E-state index contributed by atoms with van der Waals surface area (Å²) in [6, 6.07) is 0. The van der Waals surface area contributed by atoms with Gasteiger partial charge in [-0.2, -0.15) is 0 Å². The molecule has 1 rings (SSSR count). The quantitative estimate of drug-likeness (QED) is 0.584. The summed E-state index contributed by atoms with van der Waals surface area (Å²) < 4.78 is 0. The van der Waals surface area contributed by atoms with E-state index in [1.54, 1.807) is 34.6 Å². The second kappa shape index (κ2) is 4.81. The molecule has 0 aromatic heterocycles. The summed E-state index contributed by atoms with van der Waals surface area (Å²) in [5, 5.41) is -0.510. The fraction of sp³-hybridized carbons (Fsp3) is 0.500. The maximum atomic E-state index is 12.3. The van der Waals surface area contributed by atoms with E-state index in [0.29, 0.717) is 22.3 Å². The number of hydrogen-bond donors (Lipinski definition) is 0. The van der Waals surface area contributed by atoms with Crippen molar-refractivity contribution in [1.29, 1.82) is 0 Å². The van der Waals surface area contributed by atoms with Gasteiger partial charge in [0.2, 0.25) is 5.24 Å². The number of Topliss-reactive ketones (excluding diaryl/α,β-unsaturated/α-hetero) is 2. The first kappa shape index (κ1) is 14.8. The van der Waals surface area contributed by atoms with Crippen LogP contribution in [0, 0.1) is 5.41 Å². The first-order chi connectivity index (χ1) is 8.09. The summed E-state index contributed by atoms with van der Waals surface area (Å²) >= 11 is 5.41. The Kier molecular flexibility index (Phi) is 3.96. The Morgan fingerprint density at radius 1 is 1.00 bits per heavy atom. The van der Waals surface area contributed by atoms with Crippen molar-refractivity contribution < 1.29 is 14.4 Å². The molecule has 0 fully saturated rings. The van der Waals surface area contributed by atoms with Gasteiger partial charge in [-0.15, -0.1) is 0 Å². The van der Waals surface area contributed by atoms with E-state index in [9.17, 15) is 14.4 Å². The van der Waals surface area contributed by atoms with Crippen molar-refractivity contribution in [3.8, 4) is 0 Å². The summed E-state index contributed by atoms with van der Waals surface area (Å²) in [5.74, 6) is -0.287. The van der Waals surface area contributed by atoms with Gasteiger partial charge >= 0.3 is 0 Å². The van der Waals surface area contributed by atoms with Crippen molar-refractivity contribution in [2.75, 3.05) is 0 Å². The van der Waals surface area contributed by atoms with Gasteiger partial charge in [0.15, 0.2) is 11.6 Å². The molecule has 98 valence electrons. The van der Waals surface area contributed by atoms with Crippen molar-refractivity contribution in [3.05, 3.63) is 22.3 Å². The molecule has 0 heterocycles. The third-order valence-corrected chi connectivity index (χ3v) is 3.58. The predicted octanol–water partition coefficient (Wildman–Crippen LogP) is 2.97. The number of hydrogen-bond acceptors (Lipinski definition) is 3. The molecule has 0 amide bonds. The molecule has 0 saturated carbocycles. The van der Waals surface area contributed by atoms with Crippen molar-refractivity contribution in [2.24, 2.45) is 5.41 Å². The van der Waals surface area contributed by atoms with E-state index in [4.69, 9.17) is 11.6 Å². The lowest BCUT2D eigenvalue weighted by atomic mass is 9.71. The van der Waals surface area contributed by atoms with Gasteiger partial charge in [-0.1, -0.05) is 13.8 Å². The van der Waals surface area contributed by atoms with Crippen molar-refractivity contribution in [1.82, 2.24) is 0 Å². The molecule has 1 aliphatic rings. The number of rotatable bonds is 3. The smallest absolute Gasteiger partial charge is 0.222 e. The third-order valence-electron chi connectivity index (χ3n) is 3.44. The molecule has 1 aliphatic carbocycles. The van der Waals surface area contributed by atoms with Crippen molar-refractivity contribution in [2.45, 2.75) is 41.0 Å². The Morgan fingerprint density at radius 3 is 1.89 bits per heavy atom. The average Bonchev–Trinajstić information content (AvgIpc) is 2.21. The lowest BCUT2D eigenvalue weighted by Gasteiger charge is -2.30. The van der Waals surface area contributed by atoms with Gasteiger partial charge in [0.25, 0.3) is 0 Å². The van der Waals surface area contributed by atoms with Gasteiger partial charge < -0.3 is 0 Å². The Hall–Kier alpha value is -1.22. The number of allylic oxidation sites excluding steroid dienone is 4. The molecule has 0 aromatic rings. The molecule has 0 N–H and O–H groups in total. The molecule has 0 unspecified atom stereocenters. The molecular weight excluding hydrogens is 252 g/mol. The third kappa shape index (κ3) is 2.46. The first-order valence-electron chi connectivity index (χ1n) is 5.76. The van der Waals surface area contributed by atoms with Crippen LogP contribution in [0.4, 0.5) is 0 Å². The van der Waals surface area contributed by atoms with Crippen LogP contribution in [0.3, 0.4) is 0 Å². The van der Waals surface area contributed by atoms with Gasteiger partial charge in [-0.05, 0) is 32.4 Å². The molecule has 0 bridgehead atoms. The van der Waals surface area contributed by atoms with Crippen LogP contribution in [-0.4, -0.2) is 16.8 Å². The van der Waals surface area contributed by atoms with Crippen LogP contribution in [0.2, 0.25) is 0 Å². The second-order valence-corrected chi connectivity index (χ2v) is 5.75. The van der Waals surface area contributed by atoms with Gasteiger partial charge in [-0.25, -0.2) is 0 Å². The number of carbonyl (C=O) groups excluding carboxylic acids is 3. The van der Waals surface area contributed by atoms with Gasteiger partial charge in [0.05, 0.1) is 0 Å². The van der Waals surface area contributed by atoms with E-state index < -0.39 is 10.7 Å². The Bertz CT molecular complexity index is 507. The highest BCUT2D eigenvalue weighted by molar-refractivity contribution is 6.63. The van der Waals surface area contributed by atoms with Crippen LogP contribution in [0.1, 0.15) is 41.0 Å². The molecule has 0 saturated heterocycles. The molecule has 0 radical (unpaired) electrons. The van der Waals surface area contributed by atoms with E-state index in [1.165, 1.54) is 0 Å². The maximum absolute atomic E-state index is 12.3. The number of carbonyl (C=O) groups is 3. The normalized spacial score (nSPS) is 17.7. The fourth-order valence-corrected chi connectivity index (χ4v) is 2.68. The van der Waals surface area contributed by atoms with Crippen LogP contribution < -0.4 is 0 Å². The van der Waals surface area contributed by atoms with Crippen LogP contribution in [0.5, 0.6) is 0 Å². The van der Waals surface area contributed by atoms with E-state index >= 15 is 0 Å². The SMILES string of the molecule is CC1=C(C)C(=O)C(C(C)(C)CC(=O)Cl)=C(C)C1=O. The van der Waals surface area contributed by atoms with Crippen molar-refractivity contribution in [3.63, 3.8) is 0 Å². The van der Waals surface area contributed by atoms with Crippen molar-refractivity contribution >= 4 is 28.4 Å². The van der Waals surface area contributed by atoms with Gasteiger partial charge in [0, 0.05) is 34.1 Å². The molecule has 0 aliphatic heterocycles. The zero-order chi connectivity index (χ0) is 14.2. The van der Waals surface area contributed by atoms with E-state index in [2.05, 4.69) is 0 Å². The second-order valence-electron chi connectivity index (χ2n) is 5.32. The topological polar surface area (TPSA) is 51.2 Å². The molecule has 3 nitrogen and oxygen atoms in total. The zero-order valence-electron chi connectivity index (χ0n) is 11.3. The molecular formula is C14H17ClO3. The minimum absolute atomic E-state index is 0.0343. The minimum Gasteiger partial charge on any atom is -0.289 e. The first-order valence-corrected chi connectivity index (χ1v) is 6.14. The largest absolute Gasteiger partial charge is 0.289 e. The minimum atomic E-state index is -0.725. The molecule has 0 atom stereocenters. The molecule has 4 heteroatoms. The lowest BCUT2D eigenvalue weighted by molar-refractivity contribution is -0.118. The lowest BCUT2D eigenvalue weighted by Crippen LogP contribution is -2.31. The molecule has 0 spiro atoms. The highest BCUT2D eigenvalue weighted by atomic mass is 35.5. The summed E-state index contributed by atoms with van der Waals surface area (Å²) in [4.78, 5) is 35.4. The van der Waals surface area contributed by atoms with Crippen LogP contribution in [0.25, 0.3) is 0 Å². The standard InChI is InChI=1S/C14H17ClO3/c1-7-8(2)13(18)11(9(3)12(7)17)14(4,5)6-10(15)16/h6H2,1-5H3. The number of ketones is 2. The fourth-order valence-electron chi connectivity index (χ4n) is 2.34. The Balaban J connectivity index is 3.36. The number of halogens is 1. The predicted molar refractivity (Wildman–Crippen MR) is 70.3 cm³/mol. The zero-order valence-corrected chi connectivity index (χ0v) is 12.1. The van der Waals surface area contributed by atoms with Crippen LogP contribution >= 0.6 is 11.6 Å². The maximum Gasteiger partial charge on any atom is 0.222 e. The summed E-state index contributed by atoms with van der Waals surface area (Å²) in [6.45, 7) is 8.43. The van der Waals surface area contributed by atoms with Crippen LogP contribution in [-0.2, 0) is 14.4 Å². The highest BCUT2D eigenvalue weighted by Gasteiger charge is 2.37. The average molecular weight is 269 g/mol. The summed E-state index contributed by atoms with van der Waals surface area (Å²) in [6.07, 6.45) is 0.0343. The molecule has 18 heavy (non-hydrogen) atoms. The summed E-state index contributed by atoms with van der Waals surface area (Å²) in [5.41, 5.74) is 1.04. The van der Waals surface area contributed by atoms with E-state index in [-0.39, 0.29) is 18.0 Å². The van der Waals surface area contributed by atoms with E-state index in [0.717, 1.165) is 0 Å². The summed E-state index contributed by atoms with van der Waals surface area (Å²) in [7, 11) is 0. The Labute approximate surface area is 112 Å². The van der Waals surface area contributed by atoms with Gasteiger partial charge in [0.1, 0.15) is 0 Å². The Morgan fingerprint density at radius 2 is 1.44 bits per heavy atom. The van der Waals surface area contributed by atoms with Crippen LogP contribution in [0.15, 0.2) is 22.3 Å². The molecule has 0 aromatic carbocycles. The van der Waals surface area contributed by atoms with E-state index in [1.807, 2.05) is 0 Å². The monoisotopic (exact) mass is 268 g/mol.